The van der Waals surface area contributed by atoms with Gasteiger partial charge in [-0.1, -0.05) is 34.1 Å². The van der Waals surface area contributed by atoms with Crippen LogP contribution in [0.25, 0.3) is 0 Å². The minimum Gasteiger partial charge on any atom is -0.493 e. The smallest absolute Gasteiger partial charge is 0.128 e. The molecule has 2 nitrogen and oxygen atoms in total. The van der Waals surface area contributed by atoms with E-state index in [9.17, 15) is 4.39 Å². The minimum absolute atomic E-state index is 0.244. The van der Waals surface area contributed by atoms with Crippen LogP contribution in [-0.4, -0.2) is 6.61 Å². The number of rotatable bonds is 3. The molecule has 0 saturated carbocycles. The quantitative estimate of drug-likeness (QED) is 0.882. The van der Waals surface area contributed by atoms with Gasteiger partial charge in [0.1, 0.15) is 11.6 Å². The van der Waals surface area contributed by atoms with Gasteiger partial charge in [0, 0.05) is 16.1 Å². The first-order valence-corrected chi connectivity index (χ1v) is 7.86. The van der Waals surface area contributed by atoms with Gasteiger partial charge in [0.2, 0.25) is 0 Å². The van der Waals surface area contributed by atoms with E-state index < -0.39 is 0 Å². The molecule has 1 heterocycles. The summed E-state index contributed by atoms with van der Waals surface area (Å²) in [6.07, 6.45) is 1.63. The van der Waals surface area contributed by atoms with Gasteiger partial charge in [-0.05, 0) is 48.6 Å². The van der Waals surface area contributed by atoms with Gasteiger partial charge in [0.25, 0.3) is 0 Å². The molecule has 0 saturated heterocycles. The molecular formula is C17H17BrFNO. The molecule has 4 heteroatoms. The predicted molar refractivity (Wildman–Crippen MR) is 84.9 cm³/mol. The van der Waals surface area contributed by atoms with Crippen molar-refractivity contribution in [2.45, 2.75) is 24.8 Å². The standard InChI is InChI=1S/C17H17BrFNO/c18-12-5-6-15(19)14(10-12)16(20)9-11-7-8-21-17-4-2-1-3-13(11)17/h1-6,10-11,16H,7-9,20H2. The minimum atomic E-state index is -0.321. The third-order valence-electron chi connectivity index (χ3n) is 3.98. The van der Waals surface area contributed by atoms with Crippen molar-refractivity contribution in [3.05, 3.63) is 63.9 Å². The molecule has 2 unspecified atom stereocenters. The van der Waals surface area contributed by atoms with Gasteiger partial charge < -0.3 is 10.5 Å². The normalized spacial score (nSPS) is 18.7. The number of halogens is 2. The van der Waals surface area contributed by atoms with E-state index in [-0.39, 0.29) is 11.9 Å². The van der Waals surface area contributed by atoms with Crippen LogP contribution in [0.1, 0.15) is 35.9 Å². The Morgan fingerprint density at radius 2 is 2.10 bits per heavy atom. The van der Waals surface area contributed by atoms with Gasteiger partial charge in [-0.15, -0.1) is 0 Å². The zero-order valence-electron chi connectivity index (χ0n) is 11.6. The Labute approximate surface area is 132 Å². The van der Waals surface area contributed by atoms with E-state index in [2.05, 4.69) is 22.0 Å². The number of nitrogens with two attached hydrogens (primary N) is 1. The summed E-state index contributed by atoms with van der Waals surface area (Å²) in [7, 11) is 0. The van der Waals surface area contributed by atoms with E-state index in [4.69, 9.17) is 10.5 Å². The maximum atomic E-state index is 13.9. The predicted octanol–water partition coefficient (Wildman–Crippen LogP) is 4.54. The highest BCUT2D eigenvalue weighted by Gasteiger charge is 2.24. The van der Waals surface area contributed by atoms with Gasteiger partial charge in [-0.25, -0.2) is 4.39 Å². The van der Waals surface area contributed by atoms with Crippen LogP contribution in [0.2, 0.25) is 0 Å². The second-order valence-corrected chi connectivity index (χ2v) is 6.30. The van der Waals surface area contributed by atoms with Crippen LogP contribution in [0, 0.1) is 5.82 Å². The molecule has 0 aliphatic carbocycles. The van der Waals surface area contributed by atoms with Crippen molar-refractivity contribution in [3.63, 3.8) is 0 Å². The number of hydrogen-bond acceptors (Lipinski definition) is 2. The molecule has 21 heavy (non-hydrogen) atoms. The van der Waals surface area contributed by atoms with E-state index >= 15 is 0 Å². The van der Waals surface area contributed by atoms with Crippen LogP contribution in [0.5, 0.6) is 5.75 Å². The molecule has 0 fully saturated rings. The van der Waals surface area contributed by atoms with Gasteiger partial charge in [-0.2, -0.15) is 0 Å². The summed E-state index contributed by atoms with van der Waals surface area (Å²) in [5.74, 6) is 0.991. The summed E-state index contributed by atoms with van der Waals surface area (Å²) >= 11 is 3.37. The first kappa shape index (κ1) is 14.5. The highest BCUT2D eigenvalue weighted by molar-refractivity contribution is 9.10. The monoisotopic (exact) mass is 349 g/mol. The number of hydrogen-bond donors (Lipinski definition) is 1. The van der Waals surface area contributed by atoms with Crippen LogP contribution in [0.15, 0.2) is 46.9 Å². The van der Waals surface area contributed by atoms with Gasteiger partial charge in [-0.3, -0.25) is 0 Å². The number of fused-ring (bicyclic) bond motifs is 1. The van der Waals surface area contributed by atoms with Gasteiger partial charge >= 0.3 is 0 Å². The Bertz CT molecular complexity index is 646. The lowest BCUT2D eigenvalue weighted by Gasteiger charge is -2.28. The lowest BCUT2D eigenvalue weighted by molar-refractivity contribution is 0.259. The van der Waals surface area contributed by atoms with E-state index in [0.717, 1.165) is 16.6 Å². The average Bonchev–Trinajstić information content (AvgIpc) is 2.50. The maximum absolute atomic E-state index is 13.9. The lowest BCUT2D eigenvalue weighted by Crippen LogP contribution is -2.20. The molecule has 2 atom stereocenters. The Morgan fingerprint density at radius 1 is 1.29 bits per heavy atom. The summed E-state index contributed by atoms with van der Waals surface area (Å²) < 4.78 is 20.5. The fourth-order valence-corrected chi connectivity index (χ4v) is 3.27. The van der Waals surface area contributed by atoms with E-state index in [0.29, 0.717) is 24.5 Å². The van der Waals surface area contributed by atoms with Crippen LogP contribution >= 0.6 is 15.9 Å². The first-order valence-electron chi connectivity index (χ1n) is 7.07. The molecule has 3 rings (SSSR count). The lowest BCUT2D eigenvalue weighted by atomic mass is 9.86. The Kier molecular flexibility index (Phi) is 4.27. The van der Waals surface area contributed by atoms with Crippen LogP contribution in [-0.2, 0) is 0 Å². The summed E-state index contributed by atoms with van der Waals surface area (Å²) in [6.45, 7) is 0.690. The van der Waals surface area contributed by atoms with Crippen molar-refractivity contribution in [3.8, 4) is 5.75 Å². The largest absolute Gasteiger partial charge is 0.493 e. The first-order chi connectivity index (χ1) is 10.1. The average molecular weight is 350 g/mol. The topological polar surface area (TPSA) is 35.2 Å². The van der Waals surface area contributed by atoms with Crippen molar-refractivity contribution in [1.82, 2.24) is 0 Å². The molecule has 0 bridgehead atoms. The molecule has 2 N–H and O–H groups in total. The summed E-state index contributed by atoms with van der Waals surface area (Å²) in [5, 5.41) is 0. The summed E-state index contributed by atoms with van der Waals surface area (Å²) in [4.78, 5) is 0. The van der Waals surface area contributed by atoms with Crippen LogP contribution in [0.3, 0.4) is 0 Å². The van der Waals surface area contributed by atoms with E-state index in [1.165, 1.54) is 11.6 Å². The summed E-state index contributed by atoms with van der Waals surface area (Å²) in [5.41, 5.74) is 7.99. The number of benzene rings is 2. The Morgan fingerprint density at radius 3 is 2.95 bits per heavy atom. The van der Waals surface area contributed by atoms with Gasteiger partial charge in [0.05, 0.1) is 6.61 Å². The molecule has 1 aliphatic heterocycles. The van der Waals surface area contributed by atoms with Crippen molar-refractivity contribution >= 4 is 15.9 Å². The van der Waals surface area contributed by atoms with E-state index in [1.54, 1.807) is 12.1 Å². The number of ether oxygens (including phenoxy) is 1. The molecule has 0 radical (unpaired) electrons. The molecule has 0 amide bonds. The third kappa shape index (κ3) is 3.11. The highest BCUT2D eigenvalue weighted by Crippen LogP contribution is 2.38. The molecule has 2 aromatic carbocycles. The SMILES string of the molecule is NC(CC1CCOc2ccccc21)c1cc(Br)ccc1F. The molecular weight excluding hydrogens is 333 g/mol. The van der Waals surface area contributed by atoms with Crippen molar-refractivity contribution in [2.75, 3.05) is 6.61 Å². The van der Waals surface area contributed by atoms with Crippen LogP contribution in [0.4, 0.5) is 4.39 Å². The number of para-hydroxylation sites is 1. The Balaban J connectivity index is 1.82. The summed E-state index contributed by atoms with van der Waals surface area (Å²) in [6, 6.07) is 12.6. The molecule has 2 aromatic rings. The zero-order chi connectivity index (χ0) is 14.8. The van der Waals surface area contributed by atoms with Crippen molar-refractivity contribution < 1.29 is 9.13 Å². The van der Waals surface area contributed by atoms with Crippen LogP contribution < -0.4 is 10.5 Å². The molecule has 1 aliphatic rings. The fourth-order valence-electron chi connectivity index (χ4n) is 2.89. The van der Waals surface area contributed by atoms with E-state index in [1.807, 2.05) is 18.2 Å². The fraction of sp³-hybridized carbons (Fsp3) is 0.294. The Hall–Kier alpha value is -1.39. The van der Waals surface area contributed by atoms with Crippen molar-refractivity contribution in [2.24, 2.45) is 5.73 Å². The van der Waals surface area contributed by atoms with Crippen molar-refractivity contribution in [1.29, 1.82) is 0 Å². The molecule has 110 valence electrons. The third-order valence-corrected chi connectivity index (χ3v) is 4.47. The maximum Gasteiger partial charge on any atom is 0.128 e. The second-order valence-electron chi connectivity index (χ2n) is 5.38. The highest BCUT2D eigenvalue weighted by atomic mass is 79.9. The second kappa shape index (κ2) is 6.16. The molecule has 0 aromatic heterocycles. The zero-order valence-corrected chi connectivity index (χ0v) is 13.1. The van der Waals surface area contributed by atoms with Gasteiger partial charge in [0.15, 0.2) is 0 Å². The molecule has 0 spiro atoms.